The lowest BCUT2D eigenvalue weighted by atomic mass is 9.76. The van der Waals surface area contributed by atoms with E-state index in [1.54, 1.807) is 7.11 Å². The van der Waals surface area contributed by atoms with Gasteiger partial charge in [-0.3, -0.25) is 14.4 Å². The Morgan fingerprint density at radius 3 is 2.26 bits per heavy atom. The predicted molar refractivity (Wildman–Crippen MR) is 144 cm³/mol. The molecule has 7 heteroatoms. The van der Waals surface area contributed by atoms with E-state index >= 15 is 0 Å². The van der Waals surface area contributed by atoms with Gasteiger partial charge < -0.3 is 19.3 Å². The van der Waals surface area contributed by atoms with E-state index in [-0.39, 0.29) is 29.7 Å². The van der Waals surface area contributed by atoms with Crippen LogP contribution in [-0.4, -0.2) is 60.4 Å². The Morgan fingerprint density at radius 1 is 0.921 bits per heavy atom. The van der Waals surface area contributed by atoms with E-state index in [1.165, 1.54) is 6.42 Å². The van der Waals surface area contributed by atoms with Gasteiger partial charge in [0.05, 0.1) is 31.6 Å². The molecule has 0 bridgehead atoms. The van der Waals surface area contributed by atoms with Gasteiger partial charge in [-0.1, -0.05) is 49.6 Å². The Bertz CT molecular complexity index is 1150. The number of hydrogen-bond donors (Lipinski definition) is 0. The summed E-state index contributed by atoms with van der Waals surface area (Å²) in [5, 5.41) is 0. The third kappa shape index (κ3) is 5.03. The Hall–Kier alpha value is -3.35. The maximum absolute atomic E-state index is 14.4. The third-order valence-electron chi connectivity index (χ3n) is 8.49. The lowest BCUT2D eigenvalue weighted by molar-refractivity contribution is -0.151. The van der Waals surface area contributed by atoms with Crippen molar-refractivity contribution in [1.29, 1.82) is 0 Å². The van der Waals surface area contributed by atoms with Gasteiger partial charge in [-0.2, -0.15) is 0 Å². The fraction of sp³-hybridized carbons (Fsp3) is 0.516. The summed E-state index contributed by atoms with van der Waals surface area (Å²) in [7, 11) is 1.63. The second kappa shape index (κ2) is 11.6. The van der Waals surface area contributed by atoms with Gasteiger partial charge in [-0.05, 0) is 61.9 Å². The first-order valence-corrected chi connectivity index (χ1v) is 14.0. The fourth-order valence-corrected chi connectivity index (χ4v) is 6.53. The molecule has 0 radical (unpaired) electrons. The van der Waals surface area contributed by atoms with Crippen LogP contribution in [0.25, 0.3) is 0 Å². The van der Waals surface area contributed by atoms with E-state index < -0.39 is 12.0 Å². The van der Waals surface area contributed by atoms with Crippen molar-refractivity contribution in [3.8, 4) is 5.75 Å². The smallest absolute Gasteiger partial charge is 0.309 e. The Morgan fingerprint density at radius 2 is 1.61 bits per heavy atom. The lowest BCUT2D eigenvalue weighted by Gasteiger charge is -2.48. The van der Waals surface area contributed by atoms with Gasteiger partial charge in [-0.15, -0.1) is 0 Å². The first-order valence-electron chi connectivity index (χ1n) is 14.0. The molecule has 2 aromatic rings. The van der Waals surface area contributed by atoms with Crippen LogP contribution in [0.1, 0.15) is 85.3 Å². The SMILES string of the molecule is CCOC(=O)C1CCN(C(=O)[C@@H]2c3ccccc3C(=O)N(C3CCCCC3)[C@@H]2c2ccc(OC)cc2)CC1. The van der Waals surface area contributed by atoms with Crippen molar-refractivity contribution in [3.63, 3.8) is 0 Å². The standard InChI is InChI=1S/C31H38N2O5/c1-3-38-31(36)22-17-19-32(20-18-22)30(35)27-25-11-7-8-12-26(25)29(34)33(23-9-5-4-6-10-23)28(27)21-13-15-24(37-2)16-14-21/h7-8,11-16,22-23,27-28H,3-6,9-10,17-20H2,1-2H3/t27-,28-/m1/s1. The van der Waals surface area contributed by atoms with Gasteiger partial charge in [0.25, 0.3) is 5.91 Å². The number of ether oxygens (including phenoxy) is 2. The molecule has 202 valence electrons. The van der Waals surface area contributed by atoms with Crippen LogP contribution in [0, 0.1) is 5.92 Å². The van der Waals surface area contributed by atoms with Crippen molar-refractivity contribution in [2.75, 3.05) is 26.8 Å². The van der Waals surface area contributed by atoms with Crippen LogP contribution in [0.4, 0.5) is 0 Å². The maximum Gasteiger partial charge on any atom is 0.309 e. The van der Waals surface area contributed by atoms with Gasteiger partial charge in [0.2, 0.25) is 5.91 Å². The first-order chi connectivity index (χ1) is 18.5. The van der Waals surface area contributed by atoms with Crippen LogP contribution < -0.4 is 4.74 Å². The van der Waals surface area contributed by atoms with Crippen LogP contribution in [-0.2, 0) is 14.3 Å². The number of benzene rings is 2. The topological polar surface area (TPSA) is 76.2 Å². The molecule has 38 heavy (non-hydrogen) atoms. The number of carbonyl (C=O) groups excluding carboxylic acids is 3. The predicted octanol–water partition coefficient (Wildman–Crippen LogP) is 5.11. The monoisotopic (exact) mass is 518 g/mol. The maximum atomic E-state index is 14.4. The number of carbonyl (C=O) groups is 3. The molecule has 5 rings (SSSR count). The quantitative estimate of drug-likeness (QED) is 0.497. The number of hydrogen-bond acceptors (Lipinski definition) is 5. The summed E-state index contributed by atoms with van der Waals surface area (Å²) in [5.41, 5.74) is 2.37. The summed E-state index contributed by atoms with van der Waals surface area (Å²) in [6.45, 7) is 3.20. The number of likely N-dealkylation sites (tertiary alicyclic amines) is 1. The minimum absolute atomic E-state index is 0.0124. The fourth-order valence-electron chi connectivity index (χ4n) is 6.53. The molecule has 2 atom stereocenters. The molecule has 2 aromatic carbocycles. The Balaban J connectivity index is 1.53. The number of esters is 1. The van der Waals surface area contributed by atoms with Gasteiger partial charge in [0, 0.05) is 24.7 Å². The van der Waals surface area contributed by atoms with Crippen LogP contribution in [0.2, 0.25) is 0 Å². The second-order valence-electron chi connectivity index (χ2n) is 10.6. The molecule has 7 nitrogen and oxygen atoms in total. The molecular formula is C31H38N2O5. The van der Waals surface area contributed by atoms with E-state index in [9.17, 15) is 14.4 Å². The average Bonchev–Trinajstić information content (AvgIpc) is 2.97. The molecule has 2 heterocycles. The highest BCUT2D eigenvalue weighted by Crippen LogP contribution is 2.47. The van der Waals surface area contributed by atoms with Gasteiger partial charge in [0.1, 0.15) is 5.75 Å². The molecule has 0 N–H and O–H groups in total. The number of fused-ring (bicyclic) bond motifs is 1. The number of amides is 2. The summed E-state index contributed by atoms with van der Waals surface area (Å²) < 4.78 is 10.6. The van der Waals surface area contributed by atoms with Crippen molar-refractivity contribution in [1.82, 2.24) is 9.80 Å². The molecule has 3 aliphatic rings. The van der Waals surface area contributed by atoms with E-state index in [0.717, 1.165) is 42.6 Å². The molecule has 2 amide bonds. The molecule has 0 aromatic heterocycles. The summed E-state index contributed by atoms with van der Waals surface area (Å²) in [6, 6.07) is 15.1. The van der Waals surface area contributed by atoms with E-state index in [0.29, 0.717) is 38.1 Å². The molecular weight excluding hydrogens is 480 g/mol. The number of piperidine rings is 1. The number of methoxy groups -OCH3 is 1. The minimum atomic E-state index is -0.515. The third-order valence-corrected chi connectivity index (χ3v) is 8.49. The lowest BCUT2D eigenvalue weighted by Crippen LogP contribution is -2.53. The van der Waals surface area contributed by atoms with Crippen LogP contribution in [0.15, 0.2) is 48.5 Å². The Kier molecular flexibility index (Phi) is 8.01. The molecule has 1 saturated heterocycles. The van der Waals surface area contributed by atoms with Crippen molar-refractivity contribution in [2.45, 2.75) is 69.9 Å². The number of nitrogens with zero attached hydrogens (tertiary/aromatic N) is 2. The zero-order valence-electron chi connectivity index (χ0n) is 22.4. The Labute approximate surface area is 225 Å². The molecule has 0 spiro atoms. The van der Waals surface area contributed by atoms with Gasteiger partial charge >= 0.3 is 5.97 Å². The van der Waals surface area contributed by atoms with Crippen molar-refractivity contribution in [3.05, 3.63) is 65.2 Å². The van der Waals surface area contributed by atoms with E-state index in [2.05, 4.69) is 0 Å². The van der Waals surface area contributed by atoms with E-state index in [1.807, 2.05) is 65.3 Å². The first kappa shape index (κ1) is 26.3. The highest BCUT2D eigenvalue weighted by Gasteiger charge is 2.48. The van der Waals surface area contributed by atoms with Crippen molar-refractivity contribution in [2.24, 2.45) is 5.92 Å². The summed E-state index contributed by atoms with van der Waals surface area (Å²) in [6.07, 6.45) is 6.45. The van der Waals surface area contributed by atoms with E-state index in [4.69, 9.17) is 9.47 Å². The van der Waals surface area contributed by atoms with Crippen LogP contribution in [0.5, 0.6) is 5.75 Å². The van der Waals surface area contributed by atoms with Crippen LogP contribution >= 0.6 is 0 Å². The molecule has 2 fully saturated rings. The summed E-state index contributed by atoms with van der Waals surface area (Å²) in [4.78, 5) is 44.7. The zero-order chi connectivity index (χ0) is 26.6. The minimum Gasteiger partial charge on any atom is -0.497 e. The zero-order valence-corrected chi connectivity index (χ0v) is 22.4. The summed E-state index contributed by atoms with van der Waals surface area (Å²) >= 11 is 0. The molecule has 2 aliphatic heterocycles. The van der Waals surface area contributed by atoms with Gasteiger partial charge in [-0.25, -0.2) is 0 Å². The van der Waals surface area contributed by atoms with Crippen molar-refractivity contribution < 1.29 is 23.9 Å². The highest BCUT2D eigenvalue weighted by atomic mass is 16.5. The molecule has 0 unspecified atom stereocenters. The van der Waals surface area contributed by atoms with Crippen molar-refractivity contribution >= 4 is 17.8 Å². The summed E-state index contributed by atoms with van der Waals surface area (Å²) in [5.74, 6) is -0.0850. The molecule has 1 aliphatic carbocycles. The van der Waals surface area contributed by atoms with Gasteiger partial charge in [0.15, 0.2) is 0 Å². The average molecular weight is 519 g/mol. The highest BCUT2D eigenvalue weighted by molar-refractivity contribution is 6.01. The largest absolute Gasteiger partial charge is 0.497 e. The molecule has 1 saturated carbocycles. The van der Waals surface area contributed by atoms with Crippen LogP contribution in [0.3, 0.4) is 0 Å². The number of rotatable bonds is 6. The second-order valence-corrected chi connectivity index (χ2v) is 10.6. The normalized spacial score (nSPS) is 22.6.